The van der Waals surface area contributed by atoms with Gasteiger partial charge in [-0.2, -0.15) is 5.10 Å². The molecule has 0 radical (unpaired) electrons. The Hall–Kier alpha value is -1.45. The lowest BCUT2D eigenvalue weighted by molar-refractivity contribution is 0.786. The summed E-state index contributed by atoms with van der Waals surface area (Å²) in [6, 6.07) is 0. The van der Waals surface area contributed by atoms with E-state index >= 15 is 0 Å². The van der Waals surface area contributed by atoms with Crippen LogP contribution >= 0.6 is 0 Å². The standard InChI is InChI=1S/C6H6N4.C2H6/c1-10-6-5(4-9-10)7-2-3-8-6;1-2/h2-4H,1H3;1-2H3. The maximum absolute atomic E-state index is 4.08. The highest BCUT2D eigenvalue weighted by atomic mass is 15.3. The van der Waals surface area contributed by atoms with Gasteiger partial charge in [0.2, 0.25) is 0 Å². The van der Waals surface area contributed by atoms with E-state index in [0.717, 1.165) is 11.2 Å². The van der Waals surface area contributed by atoms with E-state index in [2.05, 4.69) is 15.1 Å². The van der Waals surface area contributed by atoms with Gasteiger partial charge < -0.3 is 0 Å². The second-order valence-corrected chi connectivity index (χ2v) is 2.03. The molecule has 2 rings (SSSR count). The molecule has 0 aliphatic carbocycles. The van der Waals surface area contributed by atoms with Crippen molar-refractivity contribution in [1.29, 1.82) is 0 Å². The van der Waals surface area contributed by atoms with Crippen LogP contribution in [-0.4, -0.2) is 19.7 Å². The van der Waals surface area contributed by atoms with Crippen molar-refractivity contribution in [2.45, 2.75) is 13.8 Å². The van der Waals surface area contributed by atoms with Gasteiger partial charge in [-0.05, 0) is 0 Å². The summed E-state index contributed by atoms with van der Waals surface area (Å²) >= 11 is 0. The average molecular weight is 164 g/mol. The van der Waals surface area contributed by atoms with Crippen molar-refractivity contribution in [3.8, 4) is 0 Å². The van der Waals surface area contributed by atoms with E-state index in [0.29, 0.717) is 0 Å². The summed E-state index contributed by atoms with van der Waals surface area (Å²) in [4.78, 5) is 8.13. The van der Waals surface area contributed by atoms with Crippen LogP contribution in [0.5, 0.6) is 0 Å². The van der Waals surface area contributed by atoms with E-state index in [4.69, 9.17) is 0 Å². The van der Waals surface area contributed by atoms with Crippen LogP contribution < -0.4 is 0 Å². The highest BCUT2D eigenvalue weighted by Gasteiger charge is 1.97. The van der Waals surface area contributed by atoms with Crippen molar-refractivity contribution in [2.24, 2.45) is 7.05 Å². The summed E-state index contributed by atoms with van der Waals surface area (Å²) in [5.74, 6) is 0. The number of hydrogen-bond donors (Lipinski definition) is 0. The fraction of sp³-hybridized carbons (Fsp3) is 0.375. The van der Waals surface area contributed by atoms with Crippen molar-refractivity contribution in [3.05, 3.63) is 18.6 Å². The maximum atomic E-state index is 4.08. The fourth-order valence-electron chi connectivity index (χ4n) is 0.878. The lowest BCUT2D eigenvalue weighted by Crippen LogP contribution is -1.90. The second-order valence-electron chi connectivity index (χ2n) is 2.03. The van der Waals surface area contributed by atoms with Crippen LogP contribution in [0.1, 0.15) is 13.8 Å². The third-order valence-electron chi connectivity index (χ3n) is 1.37. The van der Waals surface area contributed by atoms with Crippen LogP contribution in [0.4, 0.5) is 0 Å². The first-order chi connectivity index (χ1) is 5.88. The van der Waals surface area contributed by atoms with Crippen molar-refractivity contribution in [3.63, 3.8) is 0 Å². The predicted octanol–water partition coefficient (Wildman–Crippen LogP) is 1.39. The molecule has 0 atom stereocenters. The smallest absolute Gasteiger partial charge is 0.176 e. The monoisotopic (exact) mass is 164 g/mol. The number of hydrogen-bond acceptors (Lipinski definition) is 3. The van der Waals surface area contributed by atoms with Crippen molar-refractivity contribution in [2.75, 3.05) is 0 Å². The van der Waals surface area contributed by atoms with Crippen molar-refractivity contribution in [1.82, 2.24) is 19.7 Å². The summed E-state index contributed by atoms with van der Waals surface area (Å²) in [5.41, 5.74) is 1.66. The Morgan fingerprint density at radius 2 is 1.83 bits per heavy atom. The largest absolute Gasteiger partial charge is 0.250 e. The summed E-state index contributed by atoms with van der Waals surface area (Å²) in [6.45, 7) is 4.00. The van der Waals surface area contributed by atoms with E-state index in [1.54, 1.807) is 23.3 Å². The molecule has 0 bridgehead atoms. The predicted molar refractivity (Wildman–Crippen MR) is 47.7 cm³/mol. The topological polar surface area (TPSA) is 43.6 Å². The first-order valence-corrected chi connectivity index (χ1v) is 3.96. The lowest BCUT2D eigenvalue weighted by Gasteiger charge is -1.88. The van der Waals surface area contributed by atoms with Crippen LogP contribution in [0.15, 0.2) is 18.6 Å². The molecule has 0 unspecified atom stereocenters. The van der Waals surface area contributed by atoms with Crippen LogP contribution in [-0.2, 0) is 7.05 Å². The Balaban J connectivity index is 0.000000336. The number of rotatable bonds is 0. The molecule has 2 aromatic rings. The van der Waals surface area contributed by atoms with Crippen molar-refractivity contribution >= 4 is 11.2 Å². The molecule has 12 heavy (non-hydrogen) atoms. The van der Waals surface area contributed by atoms with Gasteiger partial charge in [0.25, 0.3) is 0 Å². The maximum Gasteiger partial charge on any atom is 0.176 e. The first kappa shape index (κ1) is 8.64. The second kappa shape index (κ2) is 3.80. The minimum atomic E-state index is 0.822. The number of nitrogens with zero attached hydrogens (tertiary/aromatic N) is 4. The van der Waals surface area contributed by atoms with Gasteiger partial charge in [0.15, 0.2) is 5.65 Å². The van der Waals surface area contributed by atoms with Gasteiger partial charge >= 0.3 is 0 Å². The molecule has 0 fully saturated rings. The molecule has 64 valence electrons. The number of aromatic nitrogens is 4. The molecule has 0 aliphatic rings. The van der Waals surface area contributed by atoms with Gasteiger partial charge in [0.1, 0.15) is 5.52 Å². The van der Waals surface area contributed by atoms with E-state index < -0.39 is 0 Å². The zero-order valence-electron chi connectivity index (χ0n) is 7.52. The molecule has 4 nitrogen and oxygen atoms in total. The first-order valence-electron chi connectivity index (χ1n) is 3.96. The molecule has 0 saturated carbocycles. The van der Waals surface area contributed by atoms with Crippen LogP contribution in [0.25, 0.3) is 11.2 Å². The van der Waals surface area contributed by atoms with Gasteiger partial charge in [-0.15, -0.1) is 0 Å². The SMILES string of the molecule is CC.Cn1ncc2nccnc21. The third-order valence-corrected chi connectivity index (χ3v) is 1.37. The Kier molecular flexibility index (Phi) is 2.74. The van der Waals surface area contributed by atoms with E-state index in [1.807, 2.05) is 20.9 Å². The minimum absolute atomic E-state index is 0.822. The molecule has 4 heteroatoms. The van der Waals surface area contributed by atoms with Gasteiger partial charge in [-0.25, -0.2) is 14.6 Å². The zero-order valence-corrected chi connectivity index (χ0v) is 7.52. The van der Waals surface area contributed by atoms with Gasteiger partial charge in [-0.1, -0.05) is 13.8 Å². The molecule has 0 spiro atoms. The molecular formula is C8H12N4. The highest BCUT2D eigenvalue weighted by Crippen LogP contribution is 2.02. The number of fused-ring (bicyclic) bond motifs is 1. The van der Waals surface area contributed by atoms with E-state index in [9.17, 15) is 0 Å². The third kappa shape index (κ3) is 1.42. The average Bonchev–Trinajstić information content (AvgIpc) is 2.53. The lowest BCUT2D eigenvalue weighted by atomic mass is 10.6. The molecular weight excluding hydrogens is 152 g/mol. The van der Waals surface area contributed by atoms with Gasteiger partial charge in [-0.3, -0.25) is 0 Å². The molecule has 0 N–H and O–H groups in total. The zero-order chi connectivity index (χ0) is 8.97. The highest BCUT2D eigenvalue weighted by molar-refractivity contribution is 5.68. The Morgan fingerprint density at radius 3 is 2.50 bits per heavy atom. The van der Waals surface area contributed by atoms with Gasteiger partial charge in [0.05, 0.1) is 6.20 Å². The van der Waals surface area contributed by atoms with E-state index in [1.165, 1.54) is 0 Å². The summed E-state index contributed by atoms with van der Waals surface area (Å²) in [5, 5.41) is 3.99. The Bertz CT molecular complexity index is 353. The van der Waals surface area contributed by atoms with Crippen LogP contribution in [0.3, 0.4) is 0 Å². The summed E-state index contributed by atoms with van der Waals surface area (Å²) in [6.07, 6.45) is 5.01. The summed E-state index contributed by atoms with van der Waals surface area (Å²) in [7, 11) is 1.84. The molecule has 0 aliphatic heterocycles. The van der Waals surface area contributed by atoms with Crippen molar-refractivity contribution < 1.29 is 0 Å². The molecule has 0 aromatic carbocycles. The Morgan fingerprint density at radius 1 is 1.17 bits per heavy atom. The van der Waals surface area contributed by atoms with Gasteiger partial charge in [0, 0.05) is 19.4 Å². The molecule has 2 aromatic heterocycles. The fourth-order valence-corrected chi connectivity index (χ4v) is 0.878. The van der Waals surface area contributed by atoms with Crippen LogP contribution in [0.2, 0.25) is 0 Å². The normalized spacial score (nSPS) is 9.25. The molecule has 0 saturated heterocycles. The molecule has 2 heterocycles. The van der Waals surface area contributed by atoms with E-state index in [-0.39, 0.29) is 0 Å². The van der Waals surface area contributed by atoms with Crippen LogP contribution in [0, 0.1) is 0 Å². The minimum Gasteiger partial charge on any atom is -0.250 e. The Labute approximate surface area is 71.3 Å². The summed E-state index contributed by atoms with van der Waals surface area (Å²) < 4.78 is 1.70. The quantitative estimate of drug-likeness (QED) is 0.591. The molecule has 0 amide bonds. The number of aryl methyl sites for hydroxylation is 1.